The van der Waals surface area contributed by atoms with Gasteiger partial charge in [-0.25, -0.2) is 4.98 Å². The summed E-state index contributed by atoms with van der Waals surface area (Å²) in [6.45, 7) is 1.83. The number of aryl methyl sites for hydroxylation is 1. The fraction of sp³-hybridized carbons (Fsp3) is 0.182. The minimum absolute atomic E-state index is 0.0927. The van der Waals surface area contributed by atoms with Crippen LogP contribution in [0.15, 0.2) is 24.7 Å². The molecule has 2 rings (SSSR count). The maximum absolute atomic E-state index is 11.0. The van der Waals surface area contributed by atoms with Gasteiger partial charge < -0.3 is 10.1 Å². The number of ether oxygens (including phenoxy) is 1. The maximum atomic E-state index is 11.0. The van der Waals surface area contributed by atoms with E-state index in [0.29, 0.717) is 5.75 Å². The second kappa shape index (κ2) is 5.25. The van der Waals surface area contributed by atoms with Crippen LogP contribution < -0.4 is 10.1 Å². The second-order valence-electron chi connectivity index (χ2n) is 3.62. The van der Waals surface area contributed by atoms with Crippen molar-refractivity contribution in [2.75, 3.05) is 12.4 Å². The summed E-state index contributed by atoms with van der Waals surface area (Å²) in [5.74, 6) is 0.333. The quantitative estimate of drug-likeness (QED) is 0.662. The number of nitro groups is 1. The average molecular weight is 261 g/mol. The van der Waals surface area contributed by atoms with Gasteiger partial charge in [-0.05, 0) is 19.1 Å². The molecule has 2 aromatic heterocycles. The van der Waals surface area contributed by atoms with Crippen molar-refractivity contribution < 1.29 is 9.66 Å². The summed E-state index contributed by atoms with van der Waals surface area (Å²) >= 11 is 0. The molecule has 8 nitrogen and oxygen atoms in total. The first-order valence-corrected chi connectivity index (χ1v) is 5.39. The standard InChI is InChI=1S/C11H11N5O3/c1-7-3-4-8(5-13-7)19-11-9(16(17)18)10(12-2)14-6-15-11/h3-6H,1-2H3,(H,12,14,15). The van der Waals surface area contributed by atoms with Crippen LogP contribution >= 0.6 is 0 Å². The lowest BCUT2D eigenvalue weighted by molar-refractivity contribution is -0.385. The molecule has 0 aliphatic rings. The molecular weight excluding hydrogens is 250 g/mol. The van der Waals surface area contributed by atoms with E-state index in [2.05, 4.69) is 20.3 Å². The van der Waals surface area contributed by atoms with Crippen LogP contribution in [0, 0.1) is 17.0 Å². The molecule has 2 heterocycles. The van der Waals surface area contributed by atoms with E-state index in [1.54, 1.807) is 12.1 Å². The van der Waals surface area contributed by atoms with Crippen molar-refractivity contribution in [3.63, 3.8) is 0 Å². The molecule has 0 bridgehead atoms. The predicted octanol–water partition coefficient (Wildman–Crippen LogP) is 1.92. The van der Waals surface area contributed by atoms with Crippen LogP contribution in [0.2, 0.25) is 0 Å². The van der Waals surface area contributed by atoms with E-state index >= 15 is 0 Å². The third-order valence-corrected chi connectivity index (χ3v) is 2.31. The number of hydrogen-bond donors (Lipinski definition) is 1. The van der Waals surface area contributed by atoms with Crippen molar-refractivity contribution >= 4 is 11.5 Å². The number of pyridine rings is 1. The van der Waals surface area contributed by atoms with Crippen LogP contribution in [-0.4, -0.2) is 26.9 Å². The first-order chi connectivity index (χ1) is 9.11. The number of anilines is 1. The summed E-state index contributed by atoms with van der Waals surface area (Å²) < 4.78 is 5.37. The highest BCUT2D eigenvalue weighted by Crippen LogP contribution is 2.33. The number of rotatable bonds is 4. The minimum atomic E-state index is -0.594. The predicted molar refractivity (Wildman–Crippen MR) is 67.3 cm³/mol. The summed E-state index contributed by atoms with van der Waals surface area (Å²) in [5.41, 5.74) is 0.506. The molecule has 2 aromatic rings. The van der Waals surface area contributed by atoms with Crippen molar-refractivity contribution in [3.05, 3.63) is 40.5 Å². The normalized spacial score (nSPS) is 10.0. The van der Waals surface area contributed by atoms with E-state index in [9.17, 15) is 10.1 Å². The molecule has 98 valence electrons. The molecule has 0 atom stereocenters. The van der Waals surface area contributed by atoms with Gasteiger partial charge in [0.25, 0.3) is 0 Å². The first kappa shape index (κ1) is 12.7. The fourth-order valence-corrected chi connectivity index (χ4v) is 1.41. The molecule has 8 heteroatoms. The average Bonchev–Trinajstić information content (AvgIpc) is 2.40. The zero-order valence-electron chi connectivity index (χ0n) is 10.3. The van der Waals surface area contributed by atoms with Crippen molar-refractivity contribution in [1.29, 1.82) is 0 Å². The third kappa shape index (κ3) is 2.73. The van der Waals surface area contributed by atoms with E-state index in [1.165, 1.54) is 19.6 Å². The summed E-state index contributed by atoms with van der Waals surface area (Å²) in [7, 11) is 1.53. The molecule has 0 radical (unpaired) electrons. The highest BCUT2D eigenvalue weighted by molar-refractivity contribution is 5.61. The molecule has 0 aliphatic carbocycles. The van der Waals surface area contributed by atoms with E-state index in [-0.39, 0.29) is 17.4 Å². The van der Waals surface area contributed by atoms with Crippen LogP contribution in [0.4, 0.5) is 11.5 Å². The van der Waals surface area contributed by atoms with Gasteiger partial charge in [0.15, 0.2) is 0 Å². The van der Waals surface area contributed by atoms with Gasteiger partial charge in [-0.3, -0.25) is 15.1 Å². The summed E-state index contributed by atoms with van der Waals surface area (Å²) in [4.78, 5) is 22.0. The van der Waals surface area contributed by atoms with E-state index in [1.807, 2.05) is 6.92 Å². The molecular formula is C11H11N5O3. The van der Waals surface area contributed by atoms with Crippen LogP contribution in [0.3, 0.4) is 0 Å². The van der Waals surface area contributed by atoms with E-state index in [0.717, 1.165) is 5.69 Å². The zero-order valence-corrected chi connectivity index (χ0v) is 10.3. The maximum Gasteiger partial charge on any atom is 0.373 e. The summed E-state index contributed by atoms with van der Waals surface area (Å²) in [6.07, 6.45) is 2.66. The van der Waals surface area contributed by atoms with Gasteiger partial charge in [0.05, 0.1) is 11.1 Å². The lowest BCUT2D eigenvalue weighted by Crippen LogP contribution is -2.03. The number of nitrogens with one attached hydrogen (secondary N) is 1. The van der Waals surface area contributed by atoms with Gasteiger partial charge in [0, 0.05) is 12.7 Å². The summed E-state index contributed by atoms with van der Waals surface area (Å²) in [5, 5.41) is 13.7. The van der Waals surface area contributed by atoms with Crippen LogP contribution in [0.25, 0.3) is 0 Å². The topological polar surface area (TPSA) is 103 Å². The van der Waals surface area contributed by atoms with Crippen molar-refractivity contribution in [2.45, 2.75) is 6.92 Å². The Morgan fingerprint density at radius 3 is 2.68 bits per heavy atom. The molecule has 1 N–H and O–H groups in total. The largest absolute Gasteiger partial charge is 0.432 e. The van der Waals surface area contributed by atoms with E-state index in [4.69, 9.17) is 4.74 Å². The molecule has 19 heavy (non-hydrogen) atoms. The molecule has 0 aliphatic heterocycles. The molecule has 0 fully saturated rings. The molecule has 0 saturated heterocycles. The van der Waals surface area contributed by atoms with Crippen LogP contribution in [0.5, 0.6) is 11.6 Å². The first-order valence-electron chi connectivity index (χ1n) is 5.39. The Labute approximate surface area is 108 Å². The Hall–Kier alpha value is -2.77. The number of aromatic nitrogens is 3. The highest BCUT2D eigenvalue weighted by atomic mass is 16.6. The Morgan fingerprint density at radius 1 is 1.32 bits per heavy atom. The smallest absolute Gasteiger partial charge is 0.373 e. The Morgan fingerprint density at radius 2 is 2.11 bits per heavy atom. The SMILES string of the molecule is CNc1ncnc(Oc2ccc(C)nc2)c1[N+](=O)[O-]. The van der Waals surface area contributed by atoms with Gasteiger partial charge >= 0.3 is 11.6 Å². The number of nitrogens with zero attached hydrogens (tertiary/aromatic N) is 4. The molecule has 0 saturated carbocycles. The highest BCUT2D eigenvalue weighted by Gasteiger charge is 2.24. The Balaban J connectivity index is 2.39. The second-order valence-corrected chi connectivity index (χ2v) is 3.62. The fourth-order valence-electron chi connectivity index (χ4n) is 1.41. The van der Waals surface area contributed by atoms with Crippen molar-refractivity contribution in [1.82, 2.24) is 15.0 Å². The van der Waals surface area contributed by atoms with Gasteiger partial charge in [0.2, 0.25) is 5.82 Å². The Bertz CT molecular complexity index is 600. The van der Waals surface area contributed by atoms with Crippen molar-refractivity contribution in [2.24, 2.45) is 0 Å². The third-order valence-electron chi connectivity index (χ3n) is 2.31. The van der Waals surface area contributed by atoms with E-state index < -0.39 is 4.92 Å². The lowest BCUT2D eigenvalue weighted by Gasteiger charge is -2.06. The van der Waals surface area contributed by atoms with Gasteiger partial charge in [-0.15, -0.1) is 0 Å². The number of hydrogen-bond acceptors (Lipinski definition) is 7. The van der Waals surface area contributed by atoms with Gasteiger partial charge in [0.1, 0.15) is 12.1 Å². The van der Waals surface area contributed by atoms with Crippen LogP contribution in [-0.2, 0) is 0 Å². The van der Waals surface area contributed by atoms with Crippen LogP contribution in [0.1, 0.15) is 5.69 Å². The molecule has 0 unspecified atom stereocenters. The molecule has 0 spiro atoms. The molecule has 0 aromatic carbocycles. The molecule has 0 amide bonds. The zero-order chi connectivity index (χ0) is 13.8. The van der Waals surface area contributed by atoms with Crippen molar-refractivity contribution in [3.8, 4) is 11.6 Å². The van der Waals surface area contributed by atoms with Gasteiger partial charge in [-0.1, -0.05) is 0 Å². The lowest BCUT2D eigenvalue weighted by atomic mass is 10.4. The summed E-state index contributed by atoms with van der Waals surface area (Å²) in [6, 6.07) is 3.40. The minimum Gasteiger partial charge on any atom is -0.432 e. The van der Waals surface area contributed by atoms with Gasteiger partial charge in [-0.2, -0.15) is 4.98 Å². The monoisotopic (exact) mass is 261 g/mol. The Kier molecular flexibility index (Phi) is 3.51.